The topological polar surface area (TPSA) is 97.3 Å². The summed E-state index contributed by atoms with van der Waals surface area (Å²) in [6.45, 7) is 3.69. The van der Waals surface area contributed by atoms with Crippen LogP contribution in [0, 0.1) is 0 Å². The van der Waals surface area contributed by atoms with E-state index in [4.69, 9.17) is 9.47 Å². The molecule has 10 heteroatoms. The van der Waals surface area contributed by atoms with E-state index in [1.165, 1.54) is 25.5 Å². The summed E-state index contributed by atoms with van der Waals surface area (Å²) in [6.07, 6.45) is 3.52. The Hall–Kier alpha value is -3.47. The number of hydrogen-bond donors (Lipinski definition) is 1. The van der Waals surface area contributed by atoms with Crippen LogP contribution in [0.2, 0.25) is 0 Å². The smallest absolute Gasteiger partial charge is 0.255 e. The van der Waals surface area contributed by atoms with E-state index in [1.54, 1.807) is 36.4 Å². The second kappa shape index (κ2) is 13.7. The van der Waals surface area contributed by atoms with Crippen molar-refractivity contribution in [3.63, 3.8) is 0 Å². The van der Waals surface area contributed by atoms with Gasteiger partial charge in [-0.05, 0) is 60.0 Å². The summed E-state index contributed by atoms with van der Waals surface area (Å²) in [5, 5.41) is 3.98. The third kappa shape index (κ3) is 8.28. The summed E-state index contributed by atoms with van der Waals surface area (Å²) < 4.78 is 39.4. The molecule has 0 heterocycles. The number of hydrazone groups is 1. The summed E-state index contributed by atoms with van der Waals surface area (Å²) >= 11 is 3.32. The Morgan fingerprint density at radius 2 is 1.81 bits per heavy atom. The van der Waals surface area contributed by atoms with Gasteiger partial charge in [-0.25, -0.2) is 13.8 Å². The molecule has 0 bridgehead atoms. The van der Waals surface area contributed by atoms with Gasteiger partial charge in [0.15, 0.2) is 11.5 Å². The lowest BCUT2D eigenvalue weighted by atomic mass is 10.1. The highest BCUT2D eigenvalue weighted by Crippen LogP contribution is 2.27. The number of methoxy groups -OCH3 is 1. The maximum atomic E-state index is 13.3. The van der Waals surface area contributed by atoms with E-state index in [-0.39, 0.29) is 18.0 Å². The molecule has 194 valence electrons. The SMILES string of the molecule is C=CCOc1ccc(/C=N\NC(=O)CN(CCc2ccccc2)S(=O)(=O)c2ccc(Br)cc2)cc1OC. The Labute approximate surface area is 225 Å². The van der Waals surface area contributed by atoms with Crippen molar-refractivity contribution in [2.45, 2.75) is 11.3 Å². The summed E-state index contributed by atoms with van der Waals surface area (Å²) in [7, 11) is -2.40. The molecule has 0 fully saturated rings. The first-order valence-corrected chi connectivity index (χ1v) is 13.6. The van der Waals surface area contributed by atoms with Gasteiger partial charge in [0.25, 0.3) is 5.91 Å². The number of nitrogens with zero attached hydrogens (tertiary/aromatic N) is 2. The van der Waals surface area contributed by atoms with Crippen molar-refractivity contribution in [1.29, 1.82) is 0 Å². The molecular formula is C27H28BrN3O5S. The Morgan fingerprint density at radius 3 is 2.49 bits per heavy atom. The van der Waals surface area contributed by atoms with Crippen molar-refractivity contribution < 1.29 is 22.7 Å². The van der Waals surface area contributed by atoms with E-state index in [2.05, 4.69) is 33.0 Å². The predicted octanol–water partition coefficient (Wildman–Crippen LogP) is 4.41. The highest BCUT2D eigenvalue weighted by Gasteiger charge is 2.26. The van der Waals surface area contributed by atoms with Gasteiger partial charge in [-0.2, -0.15) is 9.41 Å². The first kappa shape index (κ1) is 28.1. The highest BCUT2D eigenvalue weighted by atomic mass is 79.9. The lowest BCUT2D eigenvalue weighted by Gasteiger charge is -2.21. The Bertz CT molecular complexity index is 1330. The van der Waals surface area contributed by atoms with Gasteiger partial charge < -0.3 is 9.47 Å². The molecule has 3 aromatic rings. The minimum atomic E-state index is -3.92. The number of carbonyl (C=O) groups excluding carboxylic acids is 1. The maximum absolute atomic E-state index is 13.3. The molecule has 1 amide bonds. The molecule has 0 saturated carbocycles. The van der Waals surface area contributed by atoms with E-state index in [0.29, 0.717) is 30.1 Å². The summed E-state index contributed by atoms with van der Waals surface area (Å²) in [4.78, 5) is 12.8. The van der Waals surface area contributed by atoms with Gasteiger partial charge in [0.05, 0.1) is 24.8 Å². The molecule has 0 atom stereocenters. The number of carbonyl (C=O) groups is 1. The zero-order valence-electron chi connectivity index (χ0n) is 20.3. The first-order valence-electron chi connectivity index (χ1n) is 11.4. The fourth-order valence-electron chi connectivity index (χ4n) is 3.35. The standard InChI is InChI=1S/C27H28BrN3O5S/c1-3-17-36-25-14-9-22(18-26(25)35-2)19-29-30-27(32)20-31(16-15-21-7-5-4-6-8-21)37(33,34)24-12-10-23(28)11-13-24/h3-14,18-19H,1,15-17,20H2,2H3,(H,30,32)/b29-19-. The van der Waals surface area contributed by atoms with Crippen LogP contribution < -0.4 is 14.9 Å². The highest BCUT2D eigenvalue weighted by molar-refractivity contribution is 9.10. The molecule has 0 radical (unpaired) electrons. The Kier molecular flexibility index (Phi) is 10.4. The zero-order chi connectivity index (χ0) is 26.7. The van der Waals surface area contributed by atoms with Crippen LogP contribution in [0.1, 0.15) is 11.1 Å². The predicted molar refractivity (Wildman–Crippen MR) is 147 cm³/mol. The monoisotopic (exact) mass is 585 g/mol. The second-order valence-corrected chi connectivity index (χ2v) is 10.7. The van der Waals surface area contributed by atoms with E-state index in [0.717, 1.165) is 14.3 Å². The van der Waals surface area contributed by atoms with Crippen LogP contribution in [-0.4, -0.2) is 51.7 Å². The van der Waals surface area contributed by atoms with Crippen molar-refractivity contribution in [2.24, 2.45) is 5.10 Å². The molecule has 3 rings (SSSR count). The van der Waals surface area contributed by atoms with Gasteiger partial charge in [0, 0.05) is 11.0 Å². The Morgan fingerprint density at radius 1 is 1.08 bits per heavy atom. The number of sulfonamides is 1. The van der Waals surface area contributed by atoms with Crippen LogP contribution in [0.5, 0.6) is 11.5 Å². The van der Waals surface area contributed by atoms with Gasteiger partial charge in [0.1, 0.15) is 6.61 Å². The molecule has 3 aromatic carbocycles. The fraction of sp³-hybridized carbons (Fsp3) is 0.185. The van der Waals surface area contributed by atoms with Crippen LogP contribution >= 0.6 is 15.9 Å². The van der Waals surface area contributed by atoms with Crippen molar-refractivity contribution in [3.8, 4) is 11.5 Å². The van der Waals surface area contributed by atoms with E-state index in [1.807, 2.05) is 30.3 Å². The molecule has 1 N–H and O–H groups in total. The van der Waals surface area contributed by atoms with Crippen molar-refractivity contribution in [2.75, 3.05) is 26.8 Å². The lowest BCUT2D eigenvalue weighted by Crippen LogP contribution is -2.40. The number of benzene rings is 3. The third-order valence-corrected chi connectivity index (χ3v) is 7.60. The van der Waals surface area contributed by atoms with Crippen LogP contribution in [-0.2, 0) is 21.2 Å². The summed E-state index contributed by atoms with van der Waals surface area (Å²) in [5.41, 5.74) is 4.03. The van der Waals surface area contributed by atoms with Gasteiger partial charge >= 0.3 is 0 Å². The zero-order valence-corrected chi connectivity index (χ0v) is 22.7. The lowest BCUT2D eigenvalue weighted by molar-refractivity contribution is -0.121. The average Bonchev–Trinajstić information content (AvgIpc) is 2.90. The normalized spacial score (nSPS) is 11.4. The van der Waals surface area contributed by atoms with Gasteiger partial charge in [-0.3, -0.25) is 4.79 Å². The van der Waals surface area contributed by atoms with E-state index < -0.39 is 15.9 Å². The van der Waals surface area contributed by atoms with Crippen LogP contribution in [0.25, 0.3) is 0 Å². The minimum absolute atomic E-state index is 0.103. The quantitative estimate of drug-likeness (QED) is 0.182. The Balaban J connectivity index is 1.71. The molecule has 0 unspecified atom stereocenters. The fourth-order valence-corrected chi connectivity index (χ4v) is 5.01. The van der Waals surface area contributed by atoms with Gasteiger partial charge in [0.2, 0.25) is 10.0 Å². The number of hydrogen-bond acceptors (Lipinski definition) is 6. The number of nitrogens with one attached hydrogen (secondary N) is 1. The molecule has 0 saturated heterocycles. The van der Waals surface area contributed by atoms with Gasteiger partial charge in [-0.1, -0.05) is 58.9 Å². The van der Waals surface area contributed by atoms with Crippen molar-refractivity contribution in [3.05, 3.63) is 101 Å². The third-order valence-electron chi connectivity index (χ3n) is 5.21. The number of amides is 1. The maximum Gasteiger partial charge on any atom is 0.255 e. The minimum Gasteiger partial charge on any atom is -0.493 e. The van der Waals surface area contributed by atoms with E-state index >= 15 is 0 Å². The van der Waals surface area contributed by atoms with Crippen LogP contribution in [0.4, 0.5) is 0 Å². The molecular weight excluding hydrogens is 558 g/mol. The van der Waals surface area contributed by atoms with Crippen molar-refractivity contribution >= 4 is 38.1 Å². The summed E-state index contributed by atoms with van der Waals surface area (Å²) in [5.74, 6) is 0.489. The average molecular weight is 587 g/mol. The second-order valence-electron chi connectivity index (χ2n) is 7.83. The summed E-state index contributed by atoms with van der Waals surface area (Å²) in [6, 6.07) is 21.0. The first-order chi connectivity index (χ1) is 17.8. The van der Waals surface area contributed by atoms with Crippen LogP contribution in [0.15, 0.2) is 99.9 Å². The molecule has 0 aliphatic heterocycles. The largest absolute Gasteiger partial charge is 0.493 e. The molecule has 0 aliphatic rings. The van der Waals surface area contributed by atoms with Crippen molar-refractivity contribution in [1.82, 2.24) is 9.73 Å². The molecule has 0 aliphatic carbocycles. The molecule has 8 nitrogen and oxygen atoms in total. The number of halogens is 1. The van der Waals surface area contributed by atoms with Gasteiger partial charge in [-0.15, -0.1) is 0 Å². The molecule has 37 heavy (non-hydrogen) atoms. The molecule has 0 aromatic heterocycles. The molecule has 0 spiro atoms. The van der Waals surface area contributed by atoms with E-state index in [9.17, 15) is 13.2 Å². The van der Waals surface area contributed by atoms with Crippen LogP contribution in [0.3, 0.4) is 0 Å². The number of rotatable bonds is 13. The number of ether oxygens (including phenoxy) is 2.